The largest absolute Gasteiger partial charge is 0.365 e. The van der Waals surface area contributed by atoms with Gasteiger partial charge in [0.25, 0.3) is 0 Å². The zero-order valence-corrected chi connectivity index (χ0v) is 8.18. The van der Waals surface area contributed by atoms with Crippen LogP contribution in [-0.2, 0) is 0 Å². The van der Waals surface area contributed by atoms with Gasteiger partial charge in [-0.3, -0.25) is 0 Å². The van der Waals surface area contributed by atoms with Crippen molar-refractivity contribution in [2.75, 3.05) is 7.05 Å². The lowest BCUT2D eigenvalue weighted by Gasteiger charge is -1.96. The minimum atomic E-state index is 0.275. The monoisotopic (exact) mass is 154 g/mol. The number of rotatable bonds is 1. The predicted octanol–water partition coefficient (Wildman–Crippen LogP) is 3.01. The van der Waals surface area contributed by atoms with Crippen molar-refractivity contribution >= 4 is 5.84 Å². The molecular weight excluding hydrogens is 136 g/mol. The van der Waals surface area contributed by atoms with E-state index in [1.54, 1.807) is 7.05 Å². The average Bonchev–Trinajstić information content (AvgIpc) is 1.91. The molecule has 0 aromatic heterocycles. The van der Waals surface area contributed by atoms with Crippen molar-refractivity contribution in [3.63, 3.8) is 0 Å². The van der Waals surface area contributed by atoms with Crippen LogP contribution in [0.15, 0.2) is 4.99 Å². The molecule has 0 atom stereocenters. The fraction of sp³-hybridized carbons (Fsp3) is 0.778. The van der Waals surface area contributed by atoms with Crippen LogP contribution in [0.3, 0.4) is 0 Å². The zero-order valence-electron chi connectivity index (χ0n) is 8.18. The highest BCUT2D eigenvalue weighted by atomic mass is 14.9. The Hall–Kier alpha value is -0.840. The Labute approximate surface area is 70.2 Å². The minimum absolute atomic E-state index is 0.275. The molecule has 0 aromatic rings. The van der Waals surface area contributed by atoms with E-state index in [0.29, 0.717) is 5.84 Å². The Morgan fingerprint density at radius 2 is 1.82 bits per heavy atom. The number of hydrogen-bond acceptors (Lipinski definition) is 1. The molecule has 0 amide bonds. The predicted molar refractivity (Wildman–Crippen MR) is 50.8 cm³/mol. The number of aliphatic imine (C=N–C) groups is 1. The van der Waals surface area contributed by atoms with E-state index in [-0.39, 0.29) is 5.92 Å². The number of hydrogen-bond donors (Lipinski definition) is 0. The molecule has 0 fully saturated rings. The van der Waals surface area contributed by atoms with Crippen LogP contribution in [0, 0.1) is 12.5 Å². The molecule has 0 rings (SSSR count). The first-order valence-electron chi connectivity index (χ1n) is 3.98. The first-order chi connectivity index (χ1) is 5.13. The molecule has 0 aliphatic carbocycles. The zero-order chi connectivity index (χ0) is 9.28. The van der Waals surface area contributed by atoms with Crippen molar-refractivity contribution in [2.45, 2.75) is 34.1 Å². The summed E-state index contributed by atoms with van der Waals surface area (Å²) in [5, 5.41) is 0. The molecule has 0 radical (unpaired) electrons. The lowest BCUT2D eigenvalue weighted by atomic mass is 10.2. The molecular formula is C9H18N2. The van der Waals surface area contributed by atoms with Crippen LogP contribution in [0.1, 0.15) is 34.1 Å². The Bertz CT molecular complexity index is 140. The second-order valence-electron chi connectivity index (χ2n) is 2.56. The van der Waals surface area contributed by atoms with Gasteiger partial charge in [0, 0.05) is 5.92 Å². The quantitative estimate of drug-likeness (QED) is 0.314. The highest BCUT2D eigenvalue weighted by Gasteiger charge is 1.99. The van der Waals surface area contributed by atoms with E-state index in [0.717, 1.165) is 0 Å². The third kappa shape index (κ3) is 9.16. The molecule has 2 nitrogen and oxygen atoms in total. The van der Waals surface area contributed by atoms with Gasteiger partial charge in [-0.1, -0.05) is 40.7 Å². The third-order valence-corrected chi connectivity index (χ3v) is 0.860. The molecule has 0 aromatic carbocycles. The molecule has 0 N–H and O–H groups in total. The van der Waals surface area contributed by atoms with Crippen LogP contribution in [0.25, 0.3) is 4.85 Å². The standard InChI is InChI=1S/C6H10N2.C3H8/c1-5(2)6(7-3)8-4;1-3-2/h5H,1-3H3;3H2,1-2H3. The Morgan fingerprint density at radius 3 is 1.82 bits per heavy atom. The first-order valence-corrected chi connectivity index (χ1v) is 3.98. The van der Waals surface area contributed by atoms with Crippen LogP contribution < -0.4 is 0 Å². The fourth-order valence-corrected chi connectivity index (χ4v) is 0.437. The van der Waals surface area contributed by atoms with Gasteiger partial charge in [-0.25, -0.2) is 0 Å². The molecule has 0 aliphatic rings. The van der Waals surface area contributed by atoms with E-state index in [1.165, 1.54) is 6.42 Å². The summed E-state index contributed by atoms with van der Waals surface area (Å²) in [5.41, 5.74) is 0. The van der Waals surface area contributed by atoms with Gasteiger partial charge in [0.1, 0.15) is 7.05 Å². The SMILES string of the molecule is CCC.[C-]#[N+]C(=NC)C(C)C. The molecule has 0 saturated carbocycles. The van der Waals surface area contributed by atoms with Crippen LogP contribution >= 0.6 is 0 Å². The topological polar surface area (TPSA) is 16.7 Å². The molecule has 0 unspecified atom stereocenters. The smallest absolute Gasteiger partial charge is 0.243 e. The fourth-order valence-electron chi connectivity index (χ4n) is 0.437. The maximum Gasteiger partial charge on any atom is 0.243 e. The van der Waals surface area contributed by atoms with Gasteiger partial charge in [-0.2, -0.15) is 4.99 Å². The van der Waals surface area contributed by atoms with E-state index >= 15 is 0 Å². The van der Waals surface area contributed by atoms with Gasteiger partial charge in [0.05, 0.1) is 0 Å². The summed E-state index contributed by atoms with van der Waals surface area (Å²) in [6, 6.07) is 0. The van der Waals surface area contributed by atoms with Gasteiger partial charge in [0.15, 0.2) is 0 Å². The van der Waals surface area contributed by atoms with Crippen molar-refractivity contribution in [3.05, 3.63) is 11.4 Å². The third-order valence-electron chi connectivity index (χ3n) is 0.860. The lowest BCUT2D eigenvalue weighted by molar-refractivity contribution is 0.885. The highest BCUT2D eigenvalue weighted by molar-refractivity contribution is 5.92. The van der Waals surface area contributed by atoms with Crippen molar-refractivity contribution in [1.82, 2.24) is 0 Å². The maximum atomic E-state index is 6.58. The van der Waals surface area contributed by atoms with E-state index in [4.69, 9.17) is 6.57 Å². The normalized spacial score (nSPS) is 10.1. The van der Waals surface area contributed by atoms with Crippen molar-refractivity contribution in [1.29, 1.82) is 0 Å². The minimum Gasteiger partial charge on any atom is -0.365 e. The summed E-state index contributed by atoms with van der Waals surface area (Å²) in [6.07, 6.45) is 1.25. The van der Waals surface area contributed by atoms with Gasteiger partial charge >= 0.3 is 0 Å². The van der Waals surface area contributed by atoms with E-state index in [1.807, 2.05) is 13.8 Å². The van der Waals surface area contributed by atoms with Crippen molar-refractivity contribution in [3.8, 4) is 0 Å². The summed E-state index contributed by atoms with van der Waals surface area (Å²) >= 11 is 0. The Morgan fingerprint density at radius 1 is 1.45 bits per heavy atom. The summed E-state index contributed by atoms with van der Waals surface area (Å²) in [7, 11) is 1.65. The number of amidine groups is 1. The van der Waals surface area contributed by atoms with E-state index in [9.17, 15) is 0 Å². The summed E-state index contributed by atoms with van der Waals surface area (Å²) in [4.78, 5) is 6.97. The van der Waals surface area contributed by atoms with Gasteiger partial charge in [0.2, 0.25) is 5.84 Å². The van der Waals surface area contributed by atoms with Crippen LogP contribution in [0.5, 0.6) is 0 Å². The molecule has 0 spiro atoms. The molecule has 0 saturated heterocycles. The van der Waals surface area contributed by atoms with Gasteiger partial charge < -0.3 is 4.85 Å². The molecule has 11 heavy (non-hydrogen) atoms. The highest BCUT2D eigenvalue weighted by Crippen LogP contribution is 1.96. The Kier molecular flexibility index (Phi) is 10.7. The Balaban J connectivity index is 0. The molecule has 0 bridgehead atoms. The molecule has 0 heterocycles. The molecule has 2 heteroatoms. The van der Waals surface area contributed by atoms with Crippen LogP contribution in [0.2, 0.25) is 0 Å². The van der Waals surface area contributed by atoms with E-state index < -0.39 is 0 Å². The van der Waals surface area contributed by atoms with Crippen LogP contribution in [-0.4, -0.2) is 12.9 Å². The van der Waals surface area contributed by atoms with Gasteiger partial charge in [-0.05, 0) is 0 Å². The second kappa shape index (κ2) is 9.16. The summed E-state index contributed by atoms with van der Waals surface area (Å²) in [6.45, 7) is 14.8. The lowest BCUT2D eigenvalue weighted by Crippen LogP contribution is -2.00. The first kappa shape index (κ1) is 12.8. The van der Waals surface area contributed by atoms with Crippen LogP contribution in [0.4, 0.5) is 0 Å². The second-order valence-corrected chi connectivity index (χ2v) is 2.56. The summed E-state index contributed by atoms with van der Waals surface area (Å²) < 4.78 is 0. The molecule has 0 aliphatic heterocycles. The van der Waals surface area contributed by atoms with Crippen molar-refractivity contribution < 1.29 is 0 Å². The molecule has 64 valence electrons. The van der Waals surface area contributed by atoms with E-state index in [2.05, 4.69) is 23.7 Å². The average molecular weight is 154 g/mol. The van der Waals surface area contributed by atoms with Gasteiger partial charge in [-0.15, -0.1) is 0 Å². The maximum absolute atomic E-state index is 6.58. The summed E-state index contributed by atoms with van der Waals surface area (Å²) in [5.74, 6) is 0.877. The van der Waals surface area contributed by atoms with Crippen molar-refractivity contribution in [2.24, 2.45) is 10.9 Å². The number of nitrogens with zero attached hydrogens (tertiary/aromatic N) is 2.